The van der Waals surface area contributed by atoms with Crippen molar-refractivity contribution in [3.05, 3.63) is 34.5 Å². The topological polar surface area (TPSA) is 42.6 Å². The van der Waals surface area contributed by atoms with Crippen molar-refractivity contribution in [2.45, 2.75) is 20.8 Å². The Morgan fingerprint density at radius 3 is 2.68 bits per heavy atom. The molecule has 0 N–H and O–H groups in total. The Hall–Kier alpha value is -2.01. The van der Waals surface area contributed by atoms with Crippen LogP contribution in [0.4, 0.5) is 5.69 Å². The van der Waals surface area contributed by atoms with Crippen LogP contribution in [0.2, 0.25) is 5.02 Å². The number of halogens is 1. The standard InChI is InChI=1S/C16H21ClN4O/c1-6-20(4)10-18-14-9-13(17)15(7-11(14)2)22-16-8-12(3)19-21(16)5/h7-10H,6H2,1-5H3. The maximum atomic E-state index is 6.32. The molecular weight excluding hydrogens is 300 g/mol. The molecule has 2 aromatic rings. The summed E-state index contributed by atoms with van der Waals surface area (Å²) in [7, 11) is 3.81. The molecule has 0 atom stereocenters. The molecule has 0 saturated heterocycles. The molecule has 0 radical (unpaired) electrons. The molecule has 0 saturated carbocycles. The quantitative estimate of drug-likeness (QED) is 0.615. The predicted octanol–water partition coefficient (Wildman–Crippen LogP) is 4.09. The van der Waals surface area contributed by atoms with Crippen LogP contribution in [0.5, 0.6) is 11.6 Å². The number of aryl methyl sites for hydroxylation is 3. The van der Waals surface area contributed by atoms with Crippen LogP contribution >= 0.6 is 11.6 Å². The van der Waals surface area contributed by atoms with Crippen molar-refractivity contribution in [1.82, 2.24) is 14.7 Å². The van der Waals surface area contributed by atoms with Gasteiger partial charge in [-0.1, -0.05) is 11.6 Å². The fourth-order valence-corrected chi connectivity index (χ4v) is 2.10. The second kappa shape index (κ2) is 6.83. The Morgan fingerprint density at radius 2 is 2.09 bits per heavy atom. The summed E-state index contributed by atoms with van der Waals surface area (Å²) in [5, 5.41) is 4.78. The van der Waals surface area contributed by atoms with E-state index in [0.717, 1.165) is 23.5 Å². The summed E-state index contributed by atoms with van der Waals surface area (Å²) in [6.45, 7) is 6.87. The van der Waals surface area contributed by atoms with Gasteiger partial charge in [0.15, 0.2) is 0 Å². The molecule has 5 nitrogen and oxygen atoms in total. The van der Waals surface area contributed by atoms with Crippen LogP contribution in [-0.4, -0.2) is 34.6 Å². The summed E-state index contributed by atoms with van der Waals surface area (Å²) in [5.74, 6) is 1.26. The van der Waals surface area contributed by atoms with E-state index < -0.39 is 0 Å². The molecule has 1 heterocycles. The molecule has 0 aliphatic rings. The van der Waals surface area contributed by atoms with E-state index in [4.69, 9.17) is 16.3 Å². The van der Waals surface area contributed by atoms with Gasteiger partial charge >= 0.3 is 0 Å². The van der Waals surface area contributed by atoms with Crippen LogP contribution in [0.15, 0.2) is 23.2 Å². The third-order valence-electron chi connectivity index (χ3n) is 3.32. The van der Waals surface area contributed by atoms with Crippen LogP contribution in [0.25, 0.3) is 0 Å². The highest BCUT2D eigenvalue weighted by Gasteiger charge is 2.10. The molecule has 0 amide bonds. The highest BCUT2D eigenvalue weighted by Crippen LogP contribution is 2.35. The normalized spacial score (nSPS) is 11.2. The minimum absolute atomic E-state index is 0.524. The van der Waals surface area contributed by atoms with E-state index in [1.165, 1.54) is 0 Å². The fourth-order valence-electron chi connectivity index (χ4n) is 1.90. The second-order valence-corrected chi connectivity index (χ2v) is 5.64. The van der Waals surface area contributed by atoms with Gasteiger partial charge in [-0.25, -0.2) is 9.67 Å². The van der Waals surface area contributed by atoms with E-state index in [0.29, 0.717) is 16.7 Å². The molecule has 0 spiro atoms. The van der Waals surface area contributed by atoms with E-state index in [2.05, 4.69) is 17.0 Å². The highest BCUT2D eigenvalue weighted by atomic mass is 35.5. The fraction of sp³-hybridized carbons (Fsp3) is 0.375. The SMILES string of the molecule is CCN(C)C=Nc1cc(Cl)c(Oc2cc(C)nn2C)cc1C. The summed E-state index contributed by atoms with van der Waals surface area (Å²) < 4.78 is 7.53. The first-order chi connectivity index (χ1) is 10.4. The van der Waals surface area contributed by atoms with Crippen LogP contribution in [0, 0.1) is 13.8 Å². The van der Waals surface area contributed by atoms with Gasteiger partial charge < -0.3 is 9.64 Å². The first-order valence-corrected chi connectivity index (χ1v) is 7.51. The van der Waals surface area contributed by atoms with Gasteiger partial charge in [-0.2, -0.15) is 5.10 Å². The molecule has 1 aromatic heterocycles. The van der Waals surface area contributed by atoms with Crippen molar-refractivity contribution in [2.75, 3.05) is 13.6 Å². The molecule has 0 unspecified atom stereocenters. The predicted molar refractivity (Wildman–Crippen MR) is 90.7 cm³/mol. The number of ether oxygens (including phenoxy) is 1. The Labute approximate surface area is 136 Å². The van der Waals surface area contributed by atoms with E-state index in [9.17, 15) is 0 Å². The van der Waals surface area contributed by atoms with Crippen LogP contribution in [0.1, 0.15) is 18.2 Å². The number of aliphatic imine (C=N–C) groups is 1. The highest BCUT2D eigenvalue weighted by molar-refractivity contribution is 6.32. The number of aromatic nitrogens is 2. The lowest BCUT2D eigenvalue weighted by Crippen LogP contribution is -2.14. The van der Waals surface area contributed by atoms with Crippen molar-refractivity contribution in [3.63, 3.8) is 0 Å². The lowest BCUT2D eigenvalue weighted by Gasteiger charge is -2.11. The molecular formula is C16H21ClN4O. The second-order valence-electron chi connectivity index (χ2n) is 5.24. The average Bonchev–Trinajstić information content (AvgIpc) is 2.78. The van der Waals surface area contributed by atoms with Crippen LogP contribution in [-0.2, 0) is 7.05 Å². The van der Waals surface area contributed by atoms with Gasteiger partial charge in [0.1, 0.15) is 5.75 Å². The minimum atomic E-state index is 0.524. The molecule has 1 aromatic carbocycles. The van der Waals surface area contributed by atoms with Gasteiger partial charge in [0.25, 0.3) is 0 Å². The Balaban J connectivity index is 2.26. The average molecular weight is 321 g/mol. The number of hydrogen-bond donors (Lipinski definition) is 0. The van der Waals surface area contributed by atoms with Gasteiger partial charge in [-0.15, -0.1) is 0 Å². The summed E-state index contributed by atoms with van der Waals surface area (Å²) in [4.78, 5) is 6.45. The monoisotopic (exact) mass is 320 g/mol. The smallest absolute Gasteiger partial charge is 0.217 e. The molecule has 2 rings (SSSR count). The zero-order chi connectivity index (χ0) is 16.3. The van der Waals surface area contributed by atoms with Gasteiger partial charge in [0.05, 0.1) is 22.7 Å². The summed E-state index contributed by atoms with van der Waals surface area (Å²) in [6.07, 6.45) is 1.80. The number of benzene rings is 1. The zero-order valence-electron chi connectivity index (χ0n) is 13.6. The van der Waals surface area contributed by atoms with Crippen molar-refractivity contribution in [1.29, 1.82) is 0 Å². The van der Waals surface area contributed by atoms with Crippen molar-refractivity contribution in [2.24, 2.45) is 12.0 Å². The number of nitrogens with zero attached hydrogens (tertiary/aromatic N) is 4. The van der Waals surface area contributed by atoms with E-state index >= 15 is 0 Å². The minimum Gasteiger partial charge on any atom is -0.438 e. The van der Waals surface area contributed by atoms with Crippen LogP contribution < -0.4 is 4.74 Å². The third-order valence-corrected chi connectivity index (χ3v) is 3.61. The maximum absolute atomic E-state index is 6.32. The largest absolute Gasteiger partial charge is 0.438 e. The van der Waals surface area contributed by atoms with E-state index in [1.807, 2.05) is 51.0 Å². The summed E-state index contributed by atoms with van der Waals surface area (Å²) in [6, 6.07) is 5.58. The Morgan fingerprint density at radius 1 is 1.36 bits per heavy atom. The molecule has 6 heteroatoms. The van der Waals surface area contributed by atoms with Gasteiger partial charge in [0.2, 0.25) is 5.88 Å². The summed E-state index contributed by atoms with van der Waals surface area (Å²) in [5.41, 5.74) is 2.73. The number of hydrogen-bond acceptors (Lipinski definition) is 3. The third kappa shape index (κ3) is 3.80. The van der Waals surface area contributed by atoms with Crippen molar-refractivity contribution >= 4 is 23.6 Å². The molecule has 0 bridgehead atoms. The summed E-state index contributed by atoms with van der Waals surface area (Å²) >= 11 is 6.32. The Bertz CT molecular complexity index is 694. The first-order valence-electron chi connectivity index (χ1n) is 7.13. The van der Waals surface area contributed by atoms with Crippen molar-refractivity contribution in [3.8, 4) is 11.6 Å². The zero-order valence-corrected chi connectivity index (χ0v) is 14.3. The Kier molecular flexibility index (Phi) is 5.08. The first kappa shape index (κ1) is 16.4. The van der Waals surface area contributed by atoms with E-state index in [1.54, 1.807) is 11.0 Å². The van der Waals surface area contributed by atoms with Gasteiger partial charge in [-0.3, -0.25) is 0 Å². The molecule has 0 aliphatic carbocycles. The van der Waals surface area contributed by atoms with E-state index in [-0.39, 0.29) is 0 Å². The van der Waals surface area contributed by atoms with Crippen LogP contribution in [0.3, 0.4) is 0 Å². The maximum Gasteiger partial charge on any atom is 0.217 e. The lowest BCUT2D eigenvalue weighted by atomic mass is 10.2. The van der Waals surface area contributed by atoms with Gasteiger partial charge in [0, 0.05) is 26.7 Å². The molecule has 0 fully saturated rings. The molecule has 0 aliphatic heterocycles. The van der Waals surface area contributed by atoms with Crippen molar-refractivity contribution < 1.29 is 4.74 Å². The lowest BCUT2D eigenvalue weighted by molar-refractivity contribution is 0.430. The number of rotatable bonds is 5. The molecule has 22 heavy (non-hydrogen) atoms. The van der Waals surface area contributed by atoms with Gasteiger partial charge in [-0.05, 0) is 38.5 Å². The molecule has 118 valence electrons.